The van der Waals surface area contributed by atoms with Gasteiger partial charge in [0.25, 0.3) is 0 Å². The number of carbonyl (C=O) groups is 2. The minimum Gasteiger partial charge on any atom is -0.353 e. The van der Waals surface area contributed by atoms with E-state index >= 15 is 0 Å². The minimum atomic E-state index is -0.561. The van der Waals surface area contributed by atoms with Crippen LogP contribution in [0.25, 0.3) is 33.3 Å². The van der Waals surface area contributed by atoms with Crippen molar-refractivity contribution < 1.29 is 9.59 Å². The lowest BCUT2D eigenvalue weighted by Gasteiger charge is -2.39. The Morgan fingerprint density at radius 3 is 1.99 bits per heavy atom. The summed E-state index contributed by atoms with van der Waals surface area (Å²) in [4.78, 5) is 39.9. The fourth-order valence-electron chi connectivity index (χ4n) is 9.11. The van der Waals surface area contributed by atoms with E-state index in [0.29, 0.717) is 37.7 Å². The maximum absolute atomic E-state index is 13.4. The zero-order valence-corrected chi connectivity index (χ0v) is 39.4. The van der Waals surface area contributed by atoms with E-state index in [1.165, 1.54) is 11.1 Å². The molecule has 16 heteroatoms. The summed E-state index contributed by atoms with van der Waals surface area (Å²) in [6, 6.07) is 28.5. The lowest BCUT2D eigenvalue weighted by Crippen LogP contribution is -2.54. The van der Waals surface area contributed by atoms with Gasteiger partial charge in [-0.25, -0.2) is 19.0 Å². The number of halogens is 1. The number of rotatable bonds is 14. The normalized spacial score (nSPS) is 15.2. The van der Waals surface area contributed by atoms with E-state index in [-0.39, 0.29) is 35.7 Å². The van der Waals surface area contributed by atoms with Crippen LogP contribution in [0.4, 0.5) is 11.6 Å². The van der Waals surface area contributed by atoms with Gasteiger partial charge in [-0.05, 0) is 98.7 Å². The molecule has 3 aromatic carbocycles. The summed E-state index contributed by atoms with van der Waals surface area (Å²) in [6.07, 6.45) is 11.8. The van der Waals surface area contributed by atoms with Crippen LogP contribution in [0, 0.1) is 30.1 Å². The van der Waals surface area contributed by atoms with Crippen LogP contribution < -0.4 is 20.4 Å². The number of aromatic nitrogens is 8. The topological polar surface area (TPSA) is 167 Å². The molecule has 0 radical (unpaired) electrons. The van der Waals surface area contributed by atoms with Gasteiger partial charge >= 0.3 is 0 Å². The Balaban J connectivity index is 0.726. The molecule has 0 spiro atoms. The molecule has 344 valence electrons. The van der Waals surface area contributed by atoms with Crippen molar-refractivity contribution in [2.45, 2.75) is 65.1 Å². The van der Waals surface area contributed by atoms with Crippen molar-refractivity contribution in [1.29, 1.82) is 5.26 Å². The number of carbonyl (C=O) groups excluding carboxylic acids is 2. The quantitative estimate of drug-likeness (QED) is 0.109. The first-order chi connectivity index (χ1) is 32.8. The minimum absolute atomic E-state index is 0.0221. The fourth-order valence-corrected chi connectivity index (χ4v) is 9.24. The highest BCUT2D eigenvalue weighted by atomic mass is 35.5. The molecule has 2 saturated heterocycles. The molecule has 2 amide bonds. The zero-order chi connectivity index (χ0) is 47.3. The lowest BCUT2D eigenvalue weighted by atomic mass is 9.86. The highest BCUT2D eigenvalue weighted by molar-refractivity contribution is 6.30. The van der Waals surface area contributed by atoms with E-state index in [1.54, 1.807) is 12.7 Å². The first kappa shape index (κ1) is 44.3. The van der Waals surface area contributed by atoms with E-state index in [2.05, 4.69) is 97.0 Å². The van der Waals surface area contributed by atoms with Crippen molar-refractivity contribution >= 4 is 46.1 Å². The van der Waals surface area contributed by atoms with Crippen LogP contribution in [0.5, 0.6) is 0 Å². The molecule has 5 aromatic heterocycles. The van der Waals surface area contributed by atoms with Crippen LogP contribution in [0.3, 0.4) is 0 Å². The highest BCUT2D eigenvalue weighted by Crippen LogP contribution is 2.34. The molecule has 0 saturated carbocycles. The van der Waals surface area contributed by atoms with E-state index < -0.39 is 5.41 Å². The largest absolute Gasteiger partial charge is 0.353 e. The number of nitrogens with zero attached hydrogens (tertiary/aromatic N) is 11. The molecule has 0 bridgehead atoms. The van der Waals surface area contributed by atoms with Gasteiger partial charge in [0.2, 0.25) is 11.8 Å². The summed E-state index contributed by atoms with van der Waals surface area (Å²) >= 11 is 6.05. The van der Waals surface area contributed by atoms with E-state index in [1.807, 2.05) is 102 Å². The number of benzene rings is 3. The number of aryl methyl sites for hydroxylation is 1. The van der Waals surface area contributed by atoms with Crippen LogP contribution in [0.1, 0.15) is 67.6 Å². The summed E-state index contributed by atoms with van der Waals surface area (Å²) in [5.41, 5.74) is 10.6. The van der Waals surface area contributed by atoms with Crippen molar-refractivity contribution in [3.63, 3.8) is 0 Å². The smallest absolute Gasteiger partial charge is 0.227 e. The summed E-state index contributed by atoms with van der Waals surface area (Å²) < 4.78 is 5.66. The number of hydrogen-bond acceptors (Lipinski definition) is 10. The van der Waals surface area contributed by atoms with Gasteiger partial charge in [-0.2, -0.15) is 20.6 Å². The van der Waals surface area contributed by atoms with Crippen molar-refractivity contribution in [3.05, 3.63) is 149 Å². The molecule has 8 aromatic rings. The van der Waals surface area contributed by atoms with Gasteiger partial charge in [-0.15, -0.1) is 0 Å². The Kier molecular flexibility index (Phi) is 11.7. The molecule has 68 heavy (non-hydrogen) atoms. The summed E-state index contributed by atoms with van der Waals surface area (Å²) in [7, 11) is 0. The molecular weight excluding hydrogens is 874 g/mol. The first-order valence-corrected chi connectivity index (χ1v) is 23.3. The zero-order valence-electron chi connectivity index (χ0n) is 38.6. The fraction of sp³-hybridized carbons (Fsp3) is 0.308. The number of nitriles is 1. The van der Waals surface area contributed by atoms with Gasteiger partial charge in [0.15, 0.2) is 11.6 Å². The number of anilines is 2. The van der Waals surface area contributed by atoms with Crippen LogP contribution in [-0.4, -0.2) is 77.0 Å². The number of fused-ring (bicyclic) bond motifs is 2. The highest BCUT2D eigenvalue weighted by Gasteiger charge is 2.36. The molecule has 2 N–H and O–H groups in total. The van der Waals surface area contributed by atoms with Gasteiger partial charge in [0.05, 0.1) is 41.6 Å². The lowest BCUT2D eigenvalue weighted by molar-refractivity contribution is -0.127. The molecule has 2 atom stereocenters. The average molecular weight is 927 g/mol. The second-order valence-electron chi connectivity index (χ2n) is 18.8. The average Bonchev–Trinajstić information content (AvgIpc) is 4.08. The molecule has 2 fully saturated rings. The Bertz CT molecular complexity index is 3210. The van der Waals surface area contributed by atoms with E-state index in [4.69, 9.17) is 16.7 Å². The van der Waals surface area contributed by atoms with Gasteiger partial charge in [0, 0.05) is 73.0 Å². The number of amides is 2. The standard InChI is InChI=1S/C52H52ClN13O2/c1-32-6-7-35(20-55-50(67)42-22-62(23-42)48-46-18-39(26-65(46)59-30-56-48)37-8-12-44(13-9-37)52(4,5)29-54)17-38(32)16-33(2)64-28-41(21-58-64)40-19-47-49(57-31-60-66(47)27-40)63-24-43(25-63)51(68)61-34(3)36-10-14-45(53)15-11-36/h6-15,17-19,21,26-28,30-31,33-34,42-43H,16,20,22-25H2,1-5H3,(H,55,67)(H,61,68)/t33?,34-/m0/s1. The third kappa shape index (κ3) is 8.75. The van der Waals surface area contributed by atoms with Crippen molar-refractivity contribution in [3.8, 4) is 28.3 Å². The van der Waals surface area contributed by atoms with Crippen molar-refractivity contribution in [1.82, 2.24) is 49.6 Å². The van der Waals surface area contributed by atoms with Gasteiger partial charge in [-0.1, -0.05) is 66.2 Å². The van der Waals surface area contributed by atoms with E-state index in [0.717, 1.165) is 68.0 Å². The maximum Gasteiger partial charge on any atom is 0.227 e. The Hall–Kier alpha value is -7.57. The molecule has 0 aliphatic carbocycles. The van der Waals surface area contributed by atoms with Crippen molar-refractivity contribution in [2.24, 2.45) is 11.8 Å². The van der Waals surface area contributed by atoms with Gasteiger partial charge in [0.1, 0.15) is 23.7 Å². The summed E-state index contributed by atoms with van der Waals surface area (Å²) in [5.74, 6) is 1.35. The second kappa shape index (κ2) is 17.9. The maximum atomic E-state index is 13.4. The summed E-state index contributed by atoms with van der Waals surface area (Å²) in [6.45, 7) is 12.8. The monoisotopic (exact) mass is 925 g/mol. The first-order valence-electron chi connectivity index (χ1n) is 23.0. The predicted octanol–water partition coefficient (Wildman–Crippen LogP) is 7.94. The molecule has 1 unspecified atom stereocenters. The van der Waals surface area contributed by atoms with E-state index in [9.17, 15) is 14.9 Å². The molecule has 7 heterocycles. The van der Waals surface area contributed by atoms with Crippen LogP contribution in [0.2, 0.25) is 5.02 Å². The Labute approximate surface area is 399 Å². The SMILES string of the molecule is Cc1ccc(CNC(=O)C2CN(c3ncnn4cc(-c5ccc(C(C)(C)C#N)cc5)cc34)C2)cc1CC(C)n1cc(-c2cc3c(N4CC(C(=O)N[C@@H](C)c5ccc(Cl)cc5)C4)ncnn3c2)cn1. The second-order valence-corrected chi connectivity index (χ2v) is 19.3. The van der Waals surface area contributed by atoms with Crippen LogP contribution in [-0.2, 0) is 28.0 Å². The van der Waals surface area contributed by atoms with Crippen LogP contribution in [0.15, 0.2) is 116 Å². The molecule has 10 rings (SSSR count). The molecular formula is C52H52ClN13O2. The molecule has 2 aliphatic rings. The number of hydrogen-bond donors (Lipinski definition) is 2. The Morgan fingerprint density at radius 2 is 1.37 bits per heavy atom. The third-order valence-electron chi connectivity index (χ3n) is 13.6. The Morgan fingerprint density at radius 1 is 0.765 bits per heavy atom. The predicted molar refractivity (Wildman–Crippen MR) is 262 cm³/mol. The summed E-state index contributed by atoms with van der Waals surface area (Å²) in [5, 5.41) is 30.2. The molecule has 2 aliphatic heterocycles. The van der Waals surface area contributed by atoms with Gasteiger partial charge in [-0.3, -0.25) is 14.3 Å². The van der Waals surface area contributed by atoms with Gasteiger partial charge < -0.3 is 20.4 Å². The van der Waals surface area contributed by atoms with Crippen molar-refractivity contribution in [2.75, 3.05) is 36.0 Å². The molecule has 15 nitrogen and oxygen atoms in total. The van der Waals surface area contributed by atoms with Crippen LogP contribution >= 0.6 is 11.6 Å². The third-order valence-corrected chi connectivity index (χ3v) is 13.9. The number of nitrogens with one attached hydrogen (secondary N) is 2.